The summed E-state index contributed by atoms with van der Waals surface area (Å²) >= 11 is 1.62. The molecular formula is C11H13N2O2S+. The first-order valence-corrected chi connectivity index (χ1v) is 5.98. The number of benzene rings is 1. The maximum atomic E-state index is 5.16. The first kappa shape index (κ1) is 11.0. The summed E-state index contributed by atoms with van der Waals surface area (Å²) < 4.78 is 12.0. The van der Waals surface area contributed by atoms with Crippen molar-refractivity contribution < 1.29 is 13.9 Å². The van der Waals surface area contributed by atoms with Gasteiger partial charge in [-0.2, -0.15) is 0 Å². The Labute approximate surface area is 98.2 Å². The van der Waals surface area contributed by atoms with Crippen LogP contribution in [-0.2, 0) is 0 Å². The van der Waals surface area contributed by atoms with Gasteiger partial charge in [0.05, 0.1) is 7.11 Å². The van der Waals surface area contributed by atoms with Crippen molar-refractivity contribution in [2.24, 2.45) is 0 Å². The molecule has 0 aliphatic rings. The first-order valence-electron chi connectivity index (χ1n) is 4.99. The lowest BCUT2D eigenvalue weighted by Gasteiger charge is -1.95. The van der Waals surface area contributed by atoms with E-state index in [-0.39, 0.29) is 0 Å². The fourth-order valence-electron chi connectivity index (χ4n) is 1.29. The molecule has 0 saturated carbocycles. The van der Waals surface area contributed by atoms with Gasteiger partial charge in [-0.25, -0.2) is 0 Å². The molecule has 0 radical (unpaired) electrons. The normalized spacial score (nSPS) is 10.4. The molecule has 0 N–H and O–H groups in total. The summed E-state index contributed by atoms with van der Waals surface area (Å²) in [6.07, 6.45) is 1.87. The van der Waals surface area contributed by atoms with Crippen LogP contribution in [-0.4, -0.2) is 18.1 Å². The Kier molecular flexibility index (Phi) is 3.46. The van der Waals surface area contributed by atoms with Gasteiger partial charge in [0, 0.05) is 12.1 Å². The molecule has 0 atom stereocenters. The highest BCUT2D eigenvalue weighted by Gasteiger charge is 2.14. The standard InChI is InChI=1S/C11H13N2O2S/c1-3-16-11-8-13(12-15-11)9-4-6-10(14-2)7-5-9/h4-8H,3H2,1-2H3/q+1. The van der Waals surface area contributed by atoms with Gasteiger partial charge in [0.25, 0.3) is 11.3 Å². The Morgan fingerprint density at radius 3 is 2.75 bits per heavy atom. The molecule has 2 rings (SSSR count). The van der Waals surface area contributed by atoms with Gasteiger partial charge in [-0.1, -0.05) is 18.7 Å². The Morgan fingerprint density at radius 2 is 2.12 bits per heavy atom. The highest BCUT2D eigenvalue weighted by Crippen LogP contribution is 2.15. The molecular weight excluding hydrogens is 224 g/mol. The zero-order valence-corrected chi connectivity index (χ0v) is 10.0. The minimum Gasteiger partial charge on any atom is -0.497 e. The number of methoxy groups -OCH3 is 1. The highest BCUT2D eigenvalue weighted by atomic mass is 32.2. The van der Waals surface area contributed by atoms with Crippen LogP contribution in [0, 0.1) is 0 Å². The van der Waals surface area contributed by atoms with Gasteiger partial charge < -0.3 is 4.74 Å². The summed E-state index contributed by atoms with van der Waals surface area (Å²) in [6.45, 7) is 2.07. The number of nitrogens with zero attached hydrogens (tertiary/aromatic N) is 2. The van der Waals surface area contributed by atoms with Crippen molar-refractivity contribution in [1.29, 1.82) is 0 Å². The van der Waals surface area contributed by atoms with Crippen LogP contribution in [0.25, 0.3) is 5.69 Å². The van der Waals surface area contributed by atoms with Gasteiger partial charge in [-0.05, 0) is 22.6 Å². The Morgan fingerprint density at radius 1 is 1.38 bits per heavy atom. The predicted molar refractivity (Wildman–Crippen MR) is 61.0 cm³/mol. The maximum Gasteiger partial charge on any atom is 0.263 e. The molecule has 0 aliphatic carbocycles. The van der Waals surface area contributed by atoms with Crippen molar-refractivity contribution in [1.82, 2.24) is 5.27 Å². The van der Waals surface area contributed by atoms with Crippen LogP contribution in [0.3, 0.4) is 0 Å². The quantitative estimate of drug-likeness (QED) is 0.603. The van der Waals surface area contributed by atoms with Gasteiger partial charge in [-0.15, -0.1) is 0 Å². The fourth-order valence-corrected chi connectivity index (χ4v) is 1.84. The van der Waals surface area contributed by atoms with E-state index in [0.29, 0.717) is 0 Å². The number of ether oxygens (including phenoxy) is 1. The third-order valence-corrected chi connectivity index (χ3v) is 2.82. The molecule has 1 aromatic carbocycles. The lowest BCUT2D eigenvalue weighted by Crippen LogP contribution is -2.31. The van der Waals surface area contributed by atoms with Crippen LogP contribution in [0.1, 0.15) is 6.92 Å². The Hall–Kier alpha value is -1.49. The lowest BCUT2D eigenvalue weighted by molar-refractivity contribution is -0.670. The molecule has 0 amide bonds. The zero-order valence-electron chi connectivity index (χ0n) is 9.21. The van der Waals surface area contributed by atoms with Gasteiger partial charge >= 0.3 is 0 Å². The van der Waals surface area contributed by atoms with Gasteiger partial charge in [-0.3, -0.25) is 4.52 Å². The van der Waals surface area contributed by atoms with E-state index in [9.17, 15) is 0 Å². The van der Waals surface area contributed by atoms with Crippen LogP contribution in [0.5, 0.6) is 5.75 Å². The highest BCUT2D eigenvalue weighted by molar-refractivity contribution is 7.99. The van der Waals surface area contributed by atoms with Gasteiger partial charge in [0.2, 0.25) is 11.0 Å². The number of hydrogen-bond acceptors (Lipinski definition) is 4. The molecule has 0 fully saturated rings. The molecule has 0 saturated heterocycles. The molecule has 5 heteroatoms. The Balaban J connectivity index is 2.21. The minimum absolute atomic E-state index is 0.818. The number of rotatable bonds is 4. The largest absolute Gasteiger partial charge is 0.497 e. The first-order chi connectivity index (χ1) is 7.83. The van der Waals surface area contributed by atoms with E-state index in [1.807, 2.05) is 30.5 Å². The van der Waals surface area contributed by atoms with E-state index in [4.69, 9.17) is 9.26 Å². The Bertz CT molecular complexity index is 453. The SMILES string of the molecule is CCSc1c[n+](-c2ccc(OC)cc2)no1. The van der Waals surface area contributed by atoms with Crippen LogP contribution >= 0.6 is 11.8 Å². The molecule has 2 aromatic rings. The van der Waals surface area contributed by atoms with Crippen molar-refractivity contribution in [2.45, 2.75) is 12.0 Å². The lowest BCUT2D eigenvalue weighted by atomic mass is 10.3. The smallest absolute Gasteiger partial charge is 0.263 e. The van der Waals surface area contributed by atoms with Crippen LogP contribution in [0.15, 0.2) is 40.1 Å². The summed E-state index contributed by atoms with van der Waals surface area (Å²) in [7, 11) is 1.65. The second-order valence-corrected chi connectivity index (χ2v) is 4.37. The number of thioether (sulfide) groups is 1. The second kappa shape index (κ2) is 5.03. The predicted octanol–water partition coefficient (Wildman–Crippen LogP) is 2.07. The molecule has 1 heterocycles. The van der Waals surface area contributed by atoms with E-state index in [1.54, 1.807) is 23.6 Å². The molecule has 16 heavy (non-hydrogen) atoms. The van der Waals surface area contributed by atoms with Gasteiger partial charge in [0.15, 0.2) is 0 Å². The van der Waals surface area contributed by atoms with Gasteiger partial charge in [0.1, 0.15) is 5.75 Å². The van der Waals surface area contributed by atoms with E-state index in [0.717, 1.165) is 22.3 Å². The maximum absolute atomic E-state index is 5.16. The van der Waals surface area contributed by atoms with Crippen molar-refractivity contribution in [2.75, 3.05) is 12.9 Å². The van der Waals surface area contributed by atoms with Crippen LogP contribution in [0.4, 0.5) is 0 Å². The van der Waals surface area contributed by atoms with E-state index >= 15 is 0 Å². The molecule has 0 bridgehead atoms. The summed E-state index contributed by atoms with van der Waals surface area (Å²) in [5.74, 6) is 1.80. The summed E-state index contributed by atoms with van der Waals surface area (Å²) in [5.41, 5.74) is 0.951. The number of hydrogen-bond donors (Lipinski definition) is 0. The van der Waals surface area contributed by atoms with E-state index < -0.39 is 0 Å². The summed E-state index contributed by atoms with van der Waals surface area (Å²) in [4.78, 5) is 0. The molecule has 0 aliphatic heterocycles. The average Bonchev–Trinajstić information content (AvgIpc) is 2.78. The average molecular weight is 237 g/mol. The molecule has 4 nitrogen and oxygen atoms in total. The van der Waals surface area contributed by atoms with Crippen molar-refractivity contribution >= 4 is 11.8 Å². The molecule has 1 aromatic heterocycles. The van der Waals surface area contributed by atoms with Crippen molar-refractivity contribution in [3.63, 3.8) is 0 Å². The second-order valence-electron chi connectivity index (χ2n) is 3.10. The molecule has 0 unspecified atom stereocenters. The molecule has 0 spiro atoms. The molecule has 84 valence electrons. The zero-order chi connectivity index (χ0) is 11.4. The van der Waals surface area contributed by atoms with Crippen LogP contribution < -0.4 is 9.42 Å². The van der Waals surface area contributed by atoms with Crippen molar-refractivity contribution in [3.8, 4) is 11.4 Å². The third kappa shape index (κ3) is 2.36. The number of aromatic nitrogens is 2. The minimum atomic E-state index is 0.818. The van der Waals surface area contributed by atoms with E-state index in [2.05, 4.69) is 12.2 Å². The fraction of sp³-hybridized carbons (Fsp3) is 0.273. The van der Waals surface area contributed by atoms with Crippen LogP contribution in [0.2, 0.25) is 0 Å². The summed E-state index contributed by atoms with van der Waals surface area (Å²) in [6, 6.07) is 7.65. The van der Waals surface area contributed by atoms with E-state index in [1.165, 1.54) is 0 Å². The van der Waals surface area contributed by atoms with Crippen molar-refractivity contribution in [3.05, 3.63) is 30.5 Å². The monoisotopic (exact) mass is 237 g/mol. The summed E-state index contributed by atoms with van der Waals surface area (Å²) in [5, 5.41) is 4.76. The third-order valence-electron chi connectivity index (χ3n) is 2.07. The topological polar surface area (TPSA) is 39.1 Å².